The summed E-state index contributed by atoms with van der Waals surface area (Å²) in [6.45, 7) is 7.30. The van der Waals surface area contributed by atoms with Crippen LogP contribution in [0.25, 0.3) is 0 Å². The van der Waals surface area contributed by atoms with Crippen LogP contribution in [0.15, 0.2) is 0 Å². The van der Waals surface area contributed by atoms with Crippen molar-refractivity contribution in [2.75, 3.05) is 6.54 Å². The Kier molecular flexibility index (Phi) is 2.93. The van der Waals surface area contributed by atoms with Crippen molar-refractivity contribution in [2.45, 2.75) is 39.3 Å². The number of carboxylic acid groups (broad SMARTS) is 1. The van der Waals surface area contributed by atoms with Gasteiger partial charge in [0.2, 0.25) is 0 Å². The van der Waals surface area contributed by atoms with E-state index >= 15 is 0 Å². The molecule has 0 aromatic heterocycles. The molecule has 0 saturated carbocycles. The summed E-state index contributed by atoms with van der Waals surface area (Å²) in [6, 6.07) is -0.280. The maximum absolute atomic E-state index is 11.5. The molecule has 15 heavy (non-hydrogen) atoms. The first-order chi connectivity index (χ1) is 6.72. The minimum absolute atomic E-state index is 0.241. The molecule has 0 radical (unpaired) electrons. The highest BCUT2D eigenvalue weighted by Gasteiger charge is 2.44. The quantitative estimate of drug-likeness (QED) is 0.716. The van der Waals surface area contributed by atoms with Crippen molar-refractivity contribution in [2.24, 2.45) is 5.92 Å². The smallest absolute Gasteiger partial charge is 0.410 e. The van der Waals surface area contributed by atoms with Crippen molar-refractivity contribution < 1.29 is 19.4 Å². The molecular weight excluding hydrogens is 198 g/mol. The average Bonchev–Trinajstić information content (AvgIpc) is 1.97. The van der Waals surface area contributed by atoms with Crippen LogP contribution in [-0.2, 0) is 9.53 Å². The average molecular weight is 215 g/mol. The van der Waals surface area contributed by atoms with E-state index in [2.05, 4.69) is 0 Å². The van der Waals surface area contributed by atoms with E-state index in [0.717, 1.165) is 0 Å². The normalized spacial score (nSPS) is 25.7. The highest BCUT2D eigenvalue weighted by atomic mass is 16.6. The number of amides is 1. The topological polar surface area (TPSA) is 66.8 Å². The van der Waals surface area contributed by atoms with Crippen LogP contribution in [0.2, 0.25) is 0 Å². The molecule has 1 fully saturated rings. The standard InChI is InChI=1S/C10H17NO4/c1-6-7(8(12)13)5-11(6)9(14)15-10(2,3)4/h6-7H,5H2,1-4H3,(H,12,13)/t6-,7-/m0/s1. The molecule has 2 atom stereocenters. The summed E-state index contributed by atoms with van der Waals surface area (Å²) in [5.41, 5.74) is -0.537. The number of likely N-dealkylation sites (tertiary alicyclic amines) is 1. The van der Waals surface area contributed by atoms with Crippen molar-refractivity contribution in [1.29, 1.82) is 0 Å². The first-order valence-electron chi connectivity index (χ1n) is 4.95. The lowest BCUT2D eigenvalue weighted by atomic mass is 9.91. The van der Waals surface area contributed by atoms with E-state index in [1.54, 1.807) is 27.7 Å². The van der Waals surface area contributed by atoms with Gasteiger partial charge in [-0.05, 0) is 27.7 Å². The second-order valence-electron chi connectivity index (χ2n) is 4.82. The monoisotopic (exact) mass is 215 g/mol. The highest BCUT2D eigenvalue weighted by molar-refractivity contribution is 5.77. The summed E-state index contributed by atoms with van der Waals surface area (Å²) < 4.78 is 5.13. The van der Waals surface area contributed by atoms with Gasteiger partial charge in [0.05, 0.1) is 5.92 Å². The lowest BCUT2D eigenvalue weighted by Crippen LogP contribution is -2.60. The minimum Gasteiger partial charge on any atom is -0.481 e. The van der Waals surface area contributed by atoms with Gasteiger partial charge in [-0.25, -0.2) is 4.79 Å². The van der Waals surface area contributed by atoms with E-state index in [1.807, 2.05) is 0 Å². The van der Waals surface area contributed by atoms with E-state index in [1.165, 1.54) is 4.90 Å². The van der Waals surface area contributed by atoms with Gasteiger partial charge < -0.3 is 14.7 Å². The Bertz CT molecular complexity index is 282. The number of nitrogens with zero attached hydrogens (tertiary/aromatic N) is 1. The Morgan fingerprint density at radius 1 is 1.40 bits per heavy atom. The molecule has 0 spiro atoms. The van der Waals surface area contributed by atoms with Gasteiger partial charge in [0.1, 0.15) is 5.60 Å². The molecule has 1 amide bonds. The number of hydrogen-bond acceptors (Lipinski definition) is 3. The summed E-state index contributed by atoms with van der Waals surface area (Å²) in [4.78, 5) is 23.6. The number of ether oxygens (including phenoxy) is 1. The SMILES string of the molecule is C[C@H]1[C@@H](C(=O)O)CN1C(=O)OC(C)(C)C. The molecule has 1 aliphatic heterocycles. The molecule has 0 aromatic rings. The fourth-order valence-electron chi connectivity index (χ4n) is 1.46. The maximum Gasteiger partial charge on any atom is 0.410 e. The largest absolute Gasteiger partial charge is 0.481 e. The van der Waals surface area contributed by atoms with Gasteiger partial charge in [-0.2, -0.15) is 0 Å². The van der Waals surface area contributed by atoms with Crippen molar-refractivity contribution in [3.8, 4) is 0 Å². The van der Waals surface area contributed by atoms with Crippen LogP contribution in [0.3, 0.4) is 0 Å². The van der Waals surface area contributed by atoms with Gasteiger partial charge in [-0.1, -0.05) is 0 Å². The van der Waals surface area contributed by atoms with Gasteiger partial charge in [-0.3, -0.25) is 4.79 Å². The molecule has 0 aliphatic carbocycles. The summed E-state index contributed by atoms with van der Waals surface area (Å²) in [7, 11) is 0. The van der Waals surface area contributed by atoms with E-state index in [4.69, 9.17) is 9.84 Å². The third-order valence-corrected chi connectivity index (χ3v) is 2.41. The van der Waals surface area contributed by atoms with Gasteiger partial charge in [0.25, 0.3) is 0 Å². The Morgan fingerprint density at radius 2 is 1.93 bits per heavy atom. The summed E-state index contributed by atoms with van der Waals surface area (Å²) >= 11 is 0. The van der Waals surface area contributed by atoms with Crippen molar-refractivity contribution >= 4 is 12.1 Å². The van der Waals surface area contributed by atoms with Crippen LogP contribution in [0.1, 0.15) is 27.7 Å². The summed E-state index contributed by atoms with van der Waals surface area (Å²) in [5, 5.41) is 8.76. The third kappa shape index (κ3) is 2.61. The minimum atomic E-state index is -0.859. The zero-order valence-corrected chi connectivity index (χ0v) is 9.48. The summed E-state index contributed by atoms with van der Waals surface area (Å²) in [5.74, 6) is -1.32. The number of aliphatic carboxylic acids is 1. The summed E-state index contributed by atoms with van der Waals surface area (Å²) in [6.07, 6.45) is -0.438. The fraction of sp³-hybridized carbons (Fsp3) is 0.800. The predicted octanol–water partition coefficient (Wildman–Crippen LogP) is 1.33. The van der Waals surface area contributed by atoms with Crippen LogP contribution in [0, 0.1) is 5.92 Å². The second-order valence-corrected chi connectivity index (χ2v) is 4.82. The van der Waals surface area contributed by atoms with Gasteiger partial charge >= 0.3 is 12.1 Å². The van der Waals surface area contributed by atoms with Crippen LogP contribution in [0.5, 0.6) is 0 Å². The maximum atomic E-state index is 11.5. The van der Waals surface area contributed by atoms with Crippen molar-refractivity contribution in [3.63, 3.8) is 0 Å². The Morgan fingerprint density at radius 3 is 2.27 bits per heavy atom. The second kappa shape index (κ2) is 3.72. The predicted molar refractivity (Wildman–Crippen MR) is 53.5 cm³/mol. The zero-order valence-electron chi connectivity index (χ0n) is 9.48. The lowest BCUT2D eigenvalue weighted by molar-refractivity contribution is -0.150. The number of carbonyl (C=O) groups excluding carboxylic acids is 1. The van der Waals surface area contributed by atoms with Crippen LogP contribution < -0.4 is 0 Å². The Balaban J connectivity index is 2.49. The molecule has 0 bridgehead atoms. The van der Waals surface area contributed by atoms with E-state index in [-0.39, 0.29) is 12.6 Å². The van der Waals surface area contributed by atoms with Gasteiger partial charge in [0.15, 0.2) is 0 Å². The molecule has 86 valence electrons. The zero-order chi connectivity index (χ0) is 11.8. The lowest BCUT2D eigenvalue weighted by Gasteiger charge is -2.43. The van der Waals surface area contributed by atoms with E-state index in [0.29, 0.717) is 0 Å². The molecule has 5 heteroatoms. The Labute approximate surface area is 89.0 Å². The van der Waals surface area contributed by atoms with Gasteiger partial charge in [0, 0.05) is 12.6 Å². The number of carboxylic acids is 1. The van der Waals surface area contributed by atoms with E-state index in [9.17, 15) is 9.59 Å². The van der Waals surface area contributed by atoms with Gasteiger partial charge in [-0.15, -0.1) is 0 Å². The molecule has 1 rings (SSSR count). The molecule has 1 aliphatic rings. The number of carbonyl (C=O) groups is 2. The number of rotatable bonds is 1. The number of hydrogen-bond donors (Lipinski definition) is 1. The van der Waals surface area contributed by atoms with Crippen LogP contribution >= 0.6 is 0 Å². The highest BCUT2D eigenvalue weighted by Crippen LogP contribution is 2.26. The molecule has 1 heterocycles. The molecule has 5 nitrogen and oxygen atoms in total. The third-order valence-electron chi connectivity index (χ3n) is 2.41. The first kappa shape index (κ1) is 11.8. The molecular formula is C10H17NO4. The molecule has 0 aromatic carbocycles. The first-order valence-corrected chi connectivity index (χ1v) is 4.95. The van der Waals surface area contributed by atoms with Crippen LogP contribution in [-0.4, -0.2) is 40.3 Å². The van der Waals surface area contributed by atoms with E-state index < -0.39 is 23.6 Å². The Hall–Kier alpha value is -1.26. The fourth-order valence-corrected chi connectivity index (χ4v) is 1.46. The molecule has 1 N–H and O–H groups in total. The molecule has 1 saturated heterocycles. The van der Waals surface area contributed by atoms with Crippen molar-refractivity contribution in [1.82, 2.24) is 4.90 Å². The van der Waals surface area contributed by atoms with Crippen LogP contribution in [0.4, 0.5) is 4.79 Å². The molecule has 0 unspecified atom stereocenters. The van der Waals surface area contributed by atoms with Crippen molar-refractivity contribution in [3.05, 3.63) is 0 Å².